The Morgan fingerprint density at radius 2 is 1.52 bits per heavy atom. The lowest BCUT2D eigenvalue weighted by Crippen LogP contribution is -2.34. The Hall–Kier alpha value is -1.95. The average Bonchev–Trinajstić information content (AvgIpc) is 2.54. The number of rotatable bonds is 10. The van der Waals surface area contributed by atoms with Crippen molar-refractivity contribution in [3.8, 4) is 17.2 Å². The molecule has 0 bridgehead atoms. The van der Waals surface area contributed by atoms with E-state index in [-0.39, 0.29) is 5.91 Å². The topological polar surface area (TPSA) is 60.0 Å². The van der Waals surface area contributed by atoms with Crippen molar-refractivity contribution in [1.29, 1.82) is 0 Å². The van der Waals surface area contributed by atoms with E-state index in [4.69, 9.17) is 14.2 Å². The standard InChI is InChI=1S/C17H28N2O4/c1-6-8-19(9-7-2)12-16(20)18-13-10-14(21-3)17(23-5)15(11-13)22-4/h10-11H,6-9,12H2,1-5H3,(H,18,20). The van der Waals surface area contributed by atoms with Crippen LogP contribution in [0, 0.1) is 0 Å². The normalized spacial score (nSPS) is 10.5. The molecule has 1 amide bonds. The summed E-state index contributed by atoms with van der Waals surface area (Å²) in [4.78, 5) is 14.4. The van der Waals surface area contributed by atoms with Crippen LogP contribution in [0.2, 0.25) is 0 Å². The number of methoxy groups -OCH3 is 3. The maximum absolute atomic E-state index is 12.3. The second kappa shape index (κ2) is 9.94. The van der Waals surface area contributed by atoms with E-state index in [1.54, 1.807) is 33.5 Å². The van der Waals surface area contributed by atoms with Gasteiger partial charge in [-0.25, -0.2) is 0 Å². The predicted octanol–water partition coefficient (Wildman–Crippen LogP) is 2.77. The molecule has 0 fully saturated rings. The molecule has 0 aromatic heterocycles. The Balaban J connectivity index is 2.85. The molecule has 0 saturated carbocycles. The van der Waals surface area contributed by atoms with Gasteiger partial charge in [0.2, 0.25) is 11.7 Å². The SMILES string of the molecule is CCCN(CCC)CC(=O)Nc1cc(OC)c(OC)c(OC)c1. The zero-order chi connectivity index (χ0) is 17.2. The molecule has 0 aliphatic rings. The zero-order valence-electron chi connectivity index (χ0n) is 14.8. The van der Waals surface area contributed by atoms with Gasteiger partial charge in [0.05, 0.1) is 27.9 Å². The molecule has 1 aromatic carbocycles. The Morgan fingerprint density at radius 3 is 1.91 bits per heavy atom. The van der Waals surface area contributed by atoms with Crippen LogP contribution >= 0.6 is 0 Å². The number of carbonyl (C=O) groups excluding carboxylic acids is 1. The third-order valence-electron chi connectivity index (χ3n) is 3.40. The van der Waals surface area contributed by atoms with Crippen LogP contribution in [0.15, 0.2) is 12.1 Å². The second-order valence-corrected chi connectivity index (χ2v) is 5.24. The second-order valence-electron chi connectivity index (χ2n) is 5.24. The highest BCUT2D eigenvalue weighted by molar-refractivity contribution is 5.93. The van der Waals surface area contributed by atoms with Crippen molar-refractivity contribution in [2.75, 3.05) is 46.3 Å². The van der Waals surface area contributed by atoms with Crippen molar-refractivity contribution < 1.29 is 19.0 Å². The van der Waals surface area contributed by atoms with Crippen LogP contribution in [0.5, 0.6) is 17.2 Å². The van der Waals surface area contributed by atoms with Crippen molar-refractivity contribution in [1.82, 2.24) is 4.90 Å². The highest BCUT2D eigenvalue weighted by Crippen LogP contribution is 2.39. The molecule has 0 unspecified atom stereocenters. The van der Waals surface area contributed by atoms with Crippen LogP contribution in [0.1, 0.15) is 26.7 Å². The molecule has 0 heterocycles. The van der Waals surface area contributed by atoms with Crippen molar-refractivity contribution in [3.05, 3.63) is 12.1 Å². The van der Waals surface area contributed by atoms with Crippen LogP contribution in [0.3, 0.4) is 0 Å². The first kappa shape index (κ1) is 19.1. The van der Waals surface area contributed by atoms with Crippen LogP contribution in [-0.2, 0) is 4.79 Å². The van der Waals surface area contributed by atoms with Crippen LogP contribution in [-0.4, -0.2) is 51.8 Å². The number of carbonyl (C=O) groups is 1. The number of hydrogen-bond donors (Lipinski definition) is 1. The van der Waals surface area contributed by atoms with Crippen LogP contribution in [0.25, 0.3) is 0 Å². The molecular weight excluding hydrogens is 296 g/mol. The maximum Gasteiger partial charge on any atom is 0.238 e. The van der Waals surface area contributed by atoms with Crippen molar-refractivity contribution >= 4 is 11.6 Å². The van der Waals surface area contributed by atoms with Gasteiger partial charge in [-0.15, -0.1) is 0 Å². The molecule has 0 atom stereocenters. The van der Waals surface area contributed by atoms with E-state index in [0.717, 1.165) is 25.9 Å². The Kier molecular flexibility index (Phi) is 8.26. The summed E-state index contributed by atoms with van der Waals surface area (Å²) in [7, 11) is 4.65. The summed E-state index contributed by atoms with van der Waals surface area (Å²) in [5, 5.41) is 2.89. The van der Waals surface area contributed by atoms with Crippen LogP contribution < -0.4 is 19.5 Å². The number of nitrogens with zero attached hydrogens (tertiary/aromatic N) is 1. The third-order valence-corrected chi connectivity index (χ3v) is 3.40. The first-order valence-corrected chi connectivity index (χ1v) is 7.91. The lowest BCUT2D eigenvalue weighted by molar-refractivity contribution is -0.117. The van der Waals surface area contributed by atoms with Gasteiger partial charge >= 0.3 is 0 Å². The fourth-order valence-corrected chi connectivity index (χ4v) is 2.46. The summed E-state index contributed by atoms with van der Waals surface area (Å²) in [6.45, 7) is 6.42. The molecule has 6 nitrogen and oxygen atoms in total. The largest absolute Gasteiger partial charge is 0.493 e. The molecule has 0 spiro atoms. The van der Waals surface area contributed by atoms with Crippen molar-refractivity contribution in [3.63, 3.8) is 0 Å². The highest BCUT2D eigenvalue weighted by Gasteiger charge is 2.15. The highest BCUT2D eigenvalue weighted by atomic mass is 16.5. The van der Waals surface area contributed by atoms with Gasteiger partial charge in [0.1, 0.15) is 0 Å². The summed E-state index contributed by atoms with van der Waals surface area (Å²) in [5.41, 5.74) is 0.623. The first-order chi connectivity index (χ1) is 11.1. The Bertz CT molecular complexity index is 474. The molecule has 6 heteroatoms. The lowest BCUT2D eigenvalue weighted by Gasteiger charge is -2.20. The number of hydrogen-bond acceptors (Lipinski definition) is 5. The maximum atomic E-state index is 12.3. The molecule has 0 saturated heterocycles. The average molecular weight is 324 g/mol. The Morgan fingerprint density at radius 1 is 1.00 bits per heavy atom. The van der Waals surface area contributed by atoms with Gasteiger partial charge in [0.25, 0.3) is 0 Å². The number of benzene rings is 1. The lowest BCUT2D eigenvalue weighted by atomic mass is 10.2. The molecular formula is C17H28N2O4. The smallest absolute Gasteiger partial charge is 0.238 e. The van der Waals surface area contributed by atoms with Crippen molar-refractivity contribution in [2.24, 2.45) is 0 Å². The van der Waals surface area contributed by atoms with E-state index >= 15 is 0 Å². The monoisotopic (exact) mass is 324 g/mol. The minimum absolute atomic E-state index is 0.0545. The number of amides is 1. The molecule has 0 aliphatic heterocycles. The summed E-state index contributed by atoms with van der Waals surface area (Å²) in [6.07, 6.45) is 2.05. The molecule has 23 heavy (non-hydrogen) atoms. The summed E-state index contributed by atoms with van der Waals surface area (Å²) in [6, 6.07) is 3.45. The van der Waals surface area contributed by atoms with Gasteiger partial charge in [-0.2, -0.15) is 0 Å². The molecule has 1 rings (SSSR count). The van der Waals surface area contributed by atoms with E-state index in [0.29, 0.717) is 29.5 Å². The van der Waals surface area contributed by atoms with Gasteiger partial charge in [0.15, 0.2) is 11.5 Å². The van der Waals surface area contributed by atoms with Gasteiger partial charge in [0, 0.05) is 17.8 Å². The van der Waals surface area contributed by atoms with Gasteiger partial charge in [-0.3, -0.25) is 9.69 Å². The van der Waals surface area contributed by atoms with E-state index in [9.17, 15) is 4.79 Å². The quantitative estimate of drug-likeness (QED) is 0.717. The fraction of sp³-hybridized carbons (Fsp3) is 0.588. The van der Waals surface area contributed by atoms with E-state index in [1.807, 2.05) is 0 Å². The van der Waals surface area contributed by atoms with Gasteiger partial charge in [-0.05, 0) is 25.9 Å². The molecule has 1 aromatic rings. The van der Waals surface area contributed by atoms with Gasteiger partial charge in [-0.1, -0.05) is 13.8 Å². The molecule has 0 aliphatic carbocycles. The zero-order valence-corrected chi connectivity index (χ0v) is 14.8. The number of ether oxygens (including phenoxy) is 3. The van der Waals surface area contributed by atoms with Gasteiger partial charge < -0.3 is 19.5 Å². The van der Waals surface area contributed by atoms with E-state index in [2.05, 4.69) is 24.1 Å². The Labute approximate surface area is 138 Å². The van der Waals surface area contributed by atoms with Crippen LogP contribution in [0.4, 0.5) is 5.69 Å². The third kappa shape index (κ3) is 5.63. The minimum Gasteiger partial charge on any atom is -0.493 e. The molecule has 0 radical (unpaired) electrons. The number of anilines is 1. The van der Waals surface area contributed by atoms with E-state index < -0.39 is 0 Å². The predicted molar refractivity (Wildman–Crippen MR) is 91.7 cm³/mol. The summed E-state index contributed by atoms with van der Waals surface area (Å²) >= 11 is 0. The molecule has 1 N–H and O–H groups in total. The molecule has 130 valence electrons. The van der Waals surface area contributed by atoms with E-state index in [1.165, 1.54) is 0 Å². The van der Waals surface area contributed by atoms with Crippen molar-refractivity contribution in [2.45, 2.75) is 26.7 Å². The first-order valence-electron chi connectivity index (χ1n) is 7.91. The number of nitrogens with one attached hydrogen (secondary N) is 1. The summed E-state index contributed by atoms with van der Waals surface area (Å²) < 4.78 is 15.9. The summed E-state index contributed by atoms with van der Waals surface area (Å²) in [5.74, 6) is 1.48. The fourth-order valence-electron chi connectivity index (χ4n) is 2.46. The minimum atomic E-state index is -0.0545.